The number of carbonyl (C=O) groups excluding carboxylic acids is 1. The first kappa shape index (κ1) is 17.6. The monoisotopic (exact) mass is 349 g/mol. The zero-order valence-corrected chi connectivity index (χ0v) is 14.2. The molecule has 1 aromatic heterocycles. The van der Waals surface area contributed by atoms with E-state index in [-0.39, 0.29) is 25.0 Å². The van der Waals surface area contributed by atoms with Crippen LogP contribution in [0.4, 0.5) is 0 Å². The van der Waals surface area contributed by atoms with Crippen molar-refractivity contribution in [1.82, 2.24) is 4.98 Å². The number of Topliss-reactive ketones (excluding diaryl/α,β-unsaturated/α-hetero) is 1. The van der Waals surface area contributed by atoms with Crippen LogP contribution in [0.3, 0.4) is 0 Å². The fourth-order valence-corrected chi connectivity index (χ4v) is 2.67. The van der Waals surface area contributed by atoms with Crippen molar-refractivity contribution in [2.45, 2.75) is 25.7 Å². The normalized spacial score (nSPS) is 10.6. The summed E-state index contributed by atoms with van der Waals surface area (Å²) in [4.78, 5) is 27.0. The SMILES string of the molecule is O=C(O)CCC(=O)CCc1nc(-c2ccccc2)c(-c2ccccc2)o1. The number of oxazole rings is 1. The molecule has 0 atom stereocenters. The molecule has 5 nitrogen and oxygen atoms in total. The Morgan fingerprint density at radius 3 is 2.08 bits per heavy atom. The molecule has 0 saturated carbocycles. The molecule has 0 unspecified atom stereocenters. The van der Waals surface area contributed by atoms with Crippen molar-refractivity contribution in [1.29, 1.82) is 0 Å². The number of carbonyl (C=O) groups is 2. The largest absolute Gasteiger partial charge is 0.481 e. The van der Waals surface area contributed by atoms with E-state index in [1.165, 1.54) is 0 Å². The number of aliphatic carboxylic acids is 1. The second-order valence-corrected chi connectivity index (χ2v) is 5.95. The quantitative estimate of drug-likeness (QED) is 0.653. The Kier molecular flexibility index (Phi) is 5.59. The topological polar surface area (TPSA) is 80.4 Å². The summed E-state index contributed by atoms with van der Waals surface area (Å²) in [6, 6.07) is 19.4. The van der Waals surface area contributed by atoms with Gasteiger partial charge < -0.3 is 9.52 Å². The van der Waals surface area contributed by atoms with Crippen LogP contribution in [0.1, 0.15) is 25.2 Å². The predicted molar refractivity (Wildman–Crippen MR) is 97.6 cm³/mol. The van der Waals surface area contributed by atoms with E-state index in [1.807, 2.05) is 60.7 Å². The number of carboxylic acid groups (broad SMARTS) is 1. The third kappa shape index (κ3) is 4.45. The lowest BCUT2D eigenvalue weighted by atomic mass is 10.1. The van der Waals surface area contributed by atoms with Crippen LogP contribution in [-0.4, -0.2) is 21.8 Å². The van der Waals surface area contributed by atoms with Crippen molar-refractivity contribution in [3.63, 3.8) is 0 Å². The van der Waals surface area contributed by atoms with Crippen molar-refractivity contribution in [3.8, 4) is 22.6 Å². The number of hydrogen-bond donors (Lipinski definition) is 1. The molecule has 0 spiro atoms. The van der Waals surface area contributed by atoms with Crippen molar-refractivity contribution in [3.05, 3.63) is 66.6 Å². The van der Waals surface area contributed by atoms with Gasteiger partial charge in [0.25, 0.3) is 0 Å². The molecule has 0 aliphatic heterocycles. The molecule has 0 bridgehead atoms. The molecular weight excluding hydrogens is 330 g/mol. The minimum Gasteiger partial charge on any atom is -0.481 e. The molecule has 3 rings (SSSR count). The third-order valence-electron chi connectivity index (χ3n) is 3.99. The lowest BCUT2D eigenvalue weighted by Crippen LogP contribution is -2.04. The molecular formula is C21H19NO4. The molecule has 0 fully saturated rings. The Morgan fingerprint density at radius 2 is 1.46 bits per heavy atom. The van der Waals surface area contributed by atoms with Crippen LogP contribution in [0.25, 0.3) is 22.6 Å². The second-order valence-electron chi connectivity index (χ2n) is 5.95. The molecule has 1 heterocycles. The van der Waals surface area contributed by atoms with Gasteiger partial charge in [-0.05, 0) is 0 Å². The molecule has 0 saturated heterocycles. The molecule has 0 radical (unpaired) electrons. The predicted octanol–water partition coefficient (Wildman–Crippen LogP) is 4.38. The molecule has 3 aromatic rings. The van der Waals surface area contributed by atoms with Gasteiger partial charge in [-0.15, -0.1) is 0 Å². The molecule has 26 heavy (non-hydrogen) atoms. The Balaban J connectivity index is 1.83. The fourth-order valence-electron chi connectivity index (χ4n) is 2.67. The van der Waals surface area contributed by atoms with Gasteiger partial charge >= 0.3 is 5.97 Å². The van der Waals surface area contributed by atoms with Gasteiger partial charge in [0.15, 0.2) is 11.7 Å². The number of carboxylic acids is 1. The maximum absolute atomic E-state index is 11.8. The first-order valence-electron chi connectivity index (χ1n) is 8.47. The summed E-state index contributed by atoms with van der Waals surface area (Å²) in [6.07, 6.45) is 0.462. The maximum Gasteiger partial charge on any atom is 0.303 e. The summed E-state index contributed by atoms with van der Waals surface area (Å²) in [5.74, 6) is 0.0801. The molecule has 132 valence electrons. The number of benzene rings is 2. The molecule has 0 aliphatic rings. The Bertz CT molecular complexity index is 828. The van der Waals surface area contributed by atoms with E-state index in [0.717, 1.165) is 16.8 Å². The second kappa shape index (κ2) is 8.25. The van der Waals surface area contributed by atoms with Gasteiger partial charge in [0.05, 0.1) is 6.42 Å². The van der Waals surface area contributed by atoms with Crippen LogP contribution in [0.5, 0.6) is 0 Å². The number of rotatable bonds is 8. The Morgan fingerprint density at radius 1 is 0.846 bits per heavy atom. The van der Waals surface area contributed by atoms with Crippen LogP contribution < -0.4 is 0 Å². The highest BCUT2D eigenvalue weighted by atomic mass is 16.4. The number of aromatic nitrogens is 1. The third-order valence-corrected chi connectivity index (χ3v) is 3.99. The fraction of sp³-hybridized carbons (Fsp3) is 0.190. The summed E-state index contributed by atoms with van der Waals surface area (Å²) in [5, 5.41) is 8.66. The van der Waals surface area contributed by atoms with Gasteiger partial charge in [0.2, 0.25) is 0 Å². The Labute approximate surface area is 151 Å². The van der Waals surface area contributed by atoms with E-state index in [2.05, 4.69) is 4.98 Å². The van der Waals surface area contributed by atoms with Gasteiger partial charge in [-0.25, -0.2) is 4.98 Å². The van der Waals surface area contributed by atoms with Crippen LogP contribution in [-0.2, 0) is 16.0 Å². The summed E-state index contributed by atoms with van der Waals surface area (Å²) < 4.78 is 5.95. The molecule has 1 N–H and O–H groups in total. The highest BCUT2D eigenvalue weighted by Crippen LogP contribution is 2.32. The van der Waals surface area contributed by atoms with E-state index >= 15 is 0 Å². The molecule has 5 heteroatoms. The van der Waals surface area contributed by atoms with Gasteiger partial charge in [0, 0.05) is 30.4 Å². The van der Waals surface area contributed by atoms with Crippen LogP contribution in [0.15, 0.2) is 65.1 Å². The zero-order chi connectivity index (χ0) is 18.4. The number of nitrogens with zero attached hydrogens (tertiary/aromatic N) is 1. The summed E-state index contributed by atoms with van der Waals surface area (Å²) in [5.41, 5.74) is 2.60. The smallest absolute Gasteiger partial charge is 0.303 e. The summed E-state index contributed by atoms with van der Waals surface area (Å²) in [7, 11) is 0. The number of ketones is 1. The summed E-state index contributed by atoms with van der Waals surface area (Å²) in [6.45, 7) is 0. The molecule has 0 aliphatic carbocycles. The van der Waals surface area contributed by atoms with Gasteiger partial charge in [-0.3, -0.25) is 9.59 Å². The highest BCUT2D eigenvalue weighted by Gasteiger charge is 2.17. The number of aryl methyl sites for hydroxylation is 1. The minimum atomic E-state index is -0.966. The standard InChI is InChI=1S/C21H19NO4/c23-17(12-14-19(24)25)11-13-18-22-20(15-7-3-1-4-8-15)21(26-18)16-9-5-2-6-10-16/h1-10H,11-14H2,(H,24,25). The zero-order valence-electron chi connectivity index (χ0n) is 14.2. The minimum absolute atomic E-state index is 0.0348. The van der Waals surface area contributed by atoms with Gasteiger partial charge in [-0.1, -0.05) is 60.7 Å². The van der Waals surface area contributed by atoms with E-state index in [9.17, 15) is 9.59 Å². The lowest BCUT2D eigenvalue weighted by Gasteiger charge is -2.00. The van der Waals surface area contributed by atoms with Crippen molar-refractivity contribution in [2.75, 3.05) is 0 Å². The number of hydrogen-bond acceptors (Lipinski definition) is 4. The first-order valence-corrected chi connectivity index (χ1v) is 8.47. The van der Waals surface area contributed by atoms with Gasteiger partial charge in [0.1, 0.15) is 11.5 Å². The average Bonchev–Trinajstić information content (AvgIpc) is 3.10. The van der Waals surface area contributed by atoms with E-state index in [1.54, 1.807) is 0 Å². The molecule has 0 amide bonds. The Hall–Kier alpha value is -3.21. The van der Waals surface area contributed by atoms with Crippen molar-refractivity contribution >= 4 is 11.8 Å². The summed E-state index contributed by atoms with van der Waals surface area (Å²) >= 11 is 0. The van der Waals surface area contributed by atoms with Crippen LogP contribution in [0.2, 0.25) is 0 Å². The maximum atomic E-state index is 11.8. The van der Waals surface area contributed by atoms with Crippen molar-refractivity contribution < 1.29 is 19.1 Å². The first-order chi connectivity index (χ1) is 12.6. The van der Waals surface area contributed by atoms with Gasteiger partial charge in [-0.2, -0.15) is 0 Å². The molecule has 2 aromatic carbocycles. The van der Waals surface area contributed by atoms with Crippen LogP contribution >= 0.6 is 0 Å². The lowest BCUT2D eigenvalue weighted by molar-refractivity contribution is -0.138. The van der Waals surface area contributed by atoms with E-state index in [4.69, 9.17) is 9.52 Å². The average molecular weight is 349 g/mol. The highest BCUT2D eigenvalue weighted by molar-refractivity contribution is 5.82. The van der Waals surface area contributed by atoms with E-state index in [0.29, 0.717) is 18.1 Å². The van der Waals surface area contributed by atoms with E-state index < -0.39 is 5.97 Å². The van der Waals surface area contributed by atoms with Crippen molar-refractivity contribution in [2.24, 2.45) is 0 Å². The van der Waals surface area contributed by atoms with Crippen LogP contribution in [0, 0.1) is 0 Å².